The van der Waals surface area contributed by atoms with Crippen molar-refractivity contribution in [1.82, 2.24) is 0 Å². The van der Waals surface area contributed by atoms with Gasteiger partial charge in [0.25, 0.3) is 0 Å². The Morgan fingerprint density at radius 1 is 1.25 bits per heavy atom. The van der Waals surface area contributed by atoms with Gasteiger partial charge in [-0.05, 0) is 17.7 Å². The maximum Gasteiger partial charge on any atom is 0.119 e. The van der Waals surface area contributed by atoms with Crippen LogP contribution in [0.2, 0.25) is 0 Å². The Labute approximate surface area is 76.7 Å². The number of rotatable bonds is 4. The zero-order valence-electron chi connectivity index (χ0n) is 6.66. The van der Waals surface area contributed by atoms with Crippen molar-refractivity contribution in [2.75, 3.05) is 12.5 Å². The zero-order valence-corrected chi connectivity index (χ0v) is 7.42. The third-order valence-electron chi connectivity index (χ3n) is 1.45. The van der Waals surface area contributed by atoms with Crippen LogP contribution in [0.15, 0.2) is 24.3 Å². The molecule has 12 heavy (non-hydrogen) atoms. The van der Waals surface area contributed by atoms with Gasteiger partial charge in [-0.2, -0.15) is 0 Å². The van der Waals surface area contributed by atoms with E-state index in [1.165, 1.54) is 0 Å². The van der Waals surface area contributed by atoms with Gasteiger partial charge < -0.3 is 9.84 Å². The molecule has 0 aromatic heterocycles. The lowest BCUT2D eigenvalue weighted by Crippen LogP contribution is -1.97. The average molecular weight is 187 g/mol. The van der Waals surface area contributed by atoms with Gasteiger partial charge in [0.15, 0.2) is 0 Å². The Morgan fingerprint density at radius 2 is 1.92 bits per heavy atom. The van der Waals surface area contributed by atoms with Crippen molar-refractivity contribution in [3.05, 3.63) is 29.8 Å². The molecule has 0 heterocycles. The van der Waals surface area contributed by atoms with Gasteiger partial charge in [-0.15, -0.1) is 11.6 Å². The van der Waals surface area contributed by atoms with Crippen molar-refractivity contribution in [2.24, 2.45) is 0 Å². The minimum absolute atomic E-state index is 0.0653. The molecule has 1 aromatic rings. The number of ether oxygens (including phenoxy) is 1. The van der Waals surface area contributed by atoms with Gasteiger partial charge in [0.2, 0.25) is 0 Å². The summed E-state index contributed by atoms with van der Waals surface area (Å²) in [5.74, 6) is 1.27. The van der Waals surface area contributed by atoms with Crippen LogP contribution in [-0.4, -0.2) is 17.6 Å². The minimum Gasteiger partial charge on any atom is -0.492 e. The second kappa shape index (κ2) is 5.01. The largest absolute Gasteiger partial charge is 0.492 e. The predicted molar refractivity (Wildman–Crippen MR) is 48.6 cm³/mol. The van der Waals surface area contributed by atoms with Gasteiger partial charge in [-0.3, -0.25) is 0 Å². The summed E-state index contributed by atoms with van der Waals surface area (Å²) < 4.78 is 5.24. The van der Waals surface area contributed by atoms with Crippen molar-refractivity contribution in [2.45, 2.75) is 6.61 Å². The van der Waals surface area contributed by atoms with E-state index in [0.29, 0.717) is 12.5 Å². The van der Waals surface area contributed by atoms with E-state index < -0.39 is 0 Å². The lowest BCUT2D eigenvalue weighted by Gasteiger charge is -2.03. The first kappa shape index (κ1) is 9.36. The molecule has 0 atom stereocenters. The molecule has 1 aromatic carbocycles. The summed E-state index contributed by atoms with van der Waals surface area (Å²) in [6.07, 6.45) is 0. The Balaban J connectivity index is 2.53. The Kier molecular flexibility index (Phi) is 3.91. The molecular weight excluding hydrogens is 176 g/mol. The van der Waals surface area contributed by atoms with Crippen LogP contribution in [-0.2, 0) is 6.61 Å². The van der Waals surface area contributed by atoms with E-state index in [-0.39, 0.29) is 6.61 Å². The fourth-order valence-corrected chi connectivity index (χ4v) is 0.925. The van der Waals surface area contributed by atoms with Gasteiger partial charge >= 0.3 is 0 Å². The summed E-state index contributed by atoms with van der Waals surface area (Å²) in [5, 5.41) is 8.74. The SMILES string of the molecule is OCc1ccc(OCCCl)cc1. The number of halogens is 1. The van der Waals surface area contributed by atoms with Gasteiger partial charge in [0.1, 0.15) is 12.4 Å². The quantitative estimate of drug-likeness (QED) is 0.727. The van der Waals surface area contributed by atoms with Crippen molar-refractivity contribution < 1.29 is 9.84 Å². The topological polar surface area (TPSA) is 29.5 Å². The molecule has 0 fully saturated rings. The highest BCUT2D eigenvalue weighted by Crippen LogP contribution is 2.11. The lowest BCUT2D eigenvalue weighted by atomic mass is 10.2. The molecular formula is C9H11ClO2. The third-order valence-corrected chi connectivity index (χ3v) is 1.61. The maximum absolute atomic E-state index is 8.74. The number of hydrogen-bond acceptors (Lipinski definition) is 2. The smallest absolute Gasteiger partial charge is 0.119 e. The molecule has 0 aliphatic carbocycles. The summed E-state index contributed by atoms with van der Waals surface area (Å²) in [6, 6.07) is 7.28. The molecule has 0 saturated carbocycles. The molecule has 0 amide bonds. The Hall–Kier alpha value is -0.730. The molecule has 1 N–H and O–H groups in total. The molecule has 0 spiro atoms. The number of alkyl halides is 1. The maximum atomic E-state index is 8.74. The highest BCUT2D eigenvalue weighted by Gasteiger charge is 1.92. The first-order chi connectivity index (χ1) is 5.86. The minimum atomic E-state index is 0.0653. The number of aliphatic hydroxyl groups is 1. The van der Waals surface area contributed by atoms with Crippen LogP contribution in [0.5, 0.6) is 5.75 Å². The van der Waals surface area contributed by atoms with Gasteiger partial charge in [-0.1, -0.05) is 12.1 Å². The van der Waals surface area contributed by atoms with Crippen LogP contribution in [0.25, 0.3) is 0 Å². The number of aliphatic hydroxyl groups excluding tert-OH is 1. The van der Waals surface area contributed by atoms with Gasteiger partial charge in [0.05, 0.1) is 12.5 Å². The first-order valence-electron chi connectivity index (χ1n) is 3.75. The van der Waals surface area contributed by atoms with E-state index in [9.17, 15) is 0 Å². The molecule has 2 nitrogen and oxygen atoms in total. The average Bonchev–Trinajstić information content (AvgIpc) is 2.15. The molecule has 0 aliphatic rings. The standard InChI is InChI=1S/C9H11ClO2/c10-5-6-12-9-3-1-8(7-11)2-4-9/h1-4,11H,5-7H2. The number of hydrogen-bond donors (Lipinski definition) is 1. The van der Waals surface area contributed by atoms with E-state index in [2.05, 4.69) is 0 Å². The number of benzene rings is 1. The normalized spacial score (nSPS) is 9.83. The molecule has 0 radical (unpaired) electrons. The van der Waals surface area contributed by atoms with Crippen molar-refractivity contribution in [3.8, 4) is 5.75 Å². The van der Waals surface area contributed by atoms with E-state index in [0.717, 1.165) is 11.3 Å². The summed E-state index contributed by atoms with van der Waals surface area (Å²) in [5.41, 5.74) is 0.883. The second-order valence-corrected chi connectivity index (χ2v) is 2.72. The molecule has 0 bridgehead atoms. The van der Waals surface area contributed by atoms with E-state index in [1.54, 1.807) is 0 Å². The van der Waals surface area contributed by atoms with Crippen molar-refractivity contribution >= 4 is 11.6 Å². The fraction of sp³-hybridized carbons (Fsp3) is 0.333. The fourth-order valence-electron chi connectivity index (χ4n) is 0.848. The summed E-state index contributed by atoms with van der Waals surface area (Å²) in [7, 11) is 0. The second-order valence-electron chi connectivity index (χ2n) is 2.34. The monoisotopic (exact) mass is 186 g/mol. The molecule has 0 unspecified atom stereocenters. The van der Waals surface area contributed by atoms with E-state index >= 15 is 0 Å². The molecule has 0 saturated heterocycles. The first-order valence-corrected chi connectivity index (χ1v) is 4.29. The Bertz CT molecular complexity index is 220. The van der Waals surface area contributed by atoms with Crippen LogP contribution in [0.4, 0.5) is 0 Å². The van der Waals surface area contributed by atoms with Crippen LogP contribution in [0.1, 0.15) is 5.56 Å². The highest BCUT2D eigenvalue weighted by atomic mass is 35.5. The van der Waals surface area contributed by atoms with Crippen LogP contribution in [0.3, 0.4) is 0 Å². The zero-order chi connectivity index (χ0) is 8.81. The summed E-state index contributed by atoms with van der Waals surface area (Å²) in [4.78, 5) is 0. The lowest BCUT2D eigenvalue weighted by molar-refractivity contribution is 0.281. The molecule has 66 valence electrons. The highest BCUT2D eigenvalue weighted by molar-refractivity contribution is 6.17. The third kappa shape index (κ3) is 2.72. The molecule has 1 rings (SSSR count). The van der Waals surface area contributed by atoms with E-state index in [1.807, 2.05) is 24.3 Å². The van der Waals surface area contributed by atoms with Crippen LogP contribution < -0.4 is 4.74 Å². The van der Waals surface area contributed by atoms with Gasteiger partial charge in [0, 0.05) is 0 Å². The van der Waals surface area contributed by atoms with E-state index in [4.69, 9.17) is 21.4 Å². The van der Waals surface area contributed by atoms with Gasteiger partial charge in [-0.25, -0.2) is 0 Å². The summed E-state index contributed by atoms with van der Waals surface area (Å²) in [6.45, 7) is 0.579. The van der Waals surface area contributed by atoms with Crippen molar-refractivity contribution in [1.29, 1.82) is 0 Å². The van der Waals surface area contributed by atoms with Crippen LogP contribution >= 0.6 is 11.6 Å². The predicted octanol–water partition coefficient (Wildman–Crippen LogP) is 1.80. The summed E-state index contributed by atoms with van der Waals surface area (Å²) >= 11 is 5.44. The van der Waals surface area contributed by atoms with Crippen LogP contribution in [0, 0.1) is 0 Å². The molecule has 0 aliphatic heterocycles. The van der Waals surface area contributed by atoms with Crippen molar-refractivity contribution in [3.63, 3.8) is 0 Å². The molecule has 3 heteroatoms. The Morgan fingerprint density at radius 3 is 2.42 bits per heavy atom.